The average Bonchev–Trinajstić information content (AvgIpc) is 2.89. The number of phenols is 1. The van der Waals surface area contributed by atoms with E-state index in [4.69, 9.17) is 4.74 Å². The molecule has 0 bridgehead atoms. The van der Waals surface area contributed by atoms with Crippen molar-refractivity contribution in [2.75, 3.05) is 0 Å². The molecular formula is C12H10N2O3. The first-order chi connectivity index (χ1) is 8.29. The van der Waals surface area contributed by atoms with Crippen molar-refractivity contribution in [1.82, 2.24) is 9.78 Å². The summed E-state index contributed by atoms with van der Waals surface area (Å²) in [5.74, 6) is 0.165. The third-order valence-corrected chi connectivity index (χ3v) is 2.79. The average molecular weight is 230 g/mol. The molecule has 0 radical (unpaired) electrons. The molecule has 0 atom stereocenters. The summed E-state index contributed by atoms with van der Waals surface area (Å²) in [5.41, 5.74) is 2.83. The van der Waals surface area contributed by atoms with Crippen molar-refractivity contribution in [3.05, 3.63) is 41.2 Å². The van der Waals surface area contributed by atoms with Gasteiger partial charge in [-0.25, -0.2) is 4.68 Å². The van der Waals surface area contributed by atoms with Crippen LogP contribution in [0, 0.1) is 0 Å². The van der Waals surface area contributed by atoms with Crippen molar-refractivity contribution in [1.29, 1.82) is 0 Å². The van der Waals surface area contributed by atoms with Gasteiger partial charge in [0.25, 0.3) is 0 Å². The summed E-state index contributed by atoms with van der Waals surface area (Å²) in [4.78, 5) is 10.9. The molecule has 17 heavy (non-hydrogen) atoms. The van der Waals surface area contributed by atoms with Crippen molar-refractivity contribution < 1.29 is 14.6 Å². The number of rotatable bonds is 2. The molecule has 5 heteroatoms. The molecule has 1 aromatic heterocycles. The van der Waals surface area contributed by atoms with Crippen LogP contribution in [0.1, 0.15) is 21.7 Å². The van der Waals surface area contributed by atoms with Gasteiger partial charge in [0.1, 0.15) is 11.4 Å². The topological polar surface area (TPSA) is 64.4 Å². The minimum atomic E-state index is 0.165. The van der Waals surface area contributed by atoms with Crippen molar-refractivity contribution in [3.8, 4) is 11.4 Å². The molecule has 0 amide bonds. The minimum absolute atomic E-state index is 0.165. The molecule has 1 aromatic carbocycles. The van der Waals surface area contributed by atoms with E-state index in [1.54, 1.807) is 22.9 Å². The van der Waals surface area contributed by atoms with Gasteiger partial charge in [-0.1, -0.05) is 6.07 Å². The van der Waals surface area contributed by atoms with Crippen LogP contribution in [0.3, 0.4) is 0 Å². The molecule has 5 nitrogen and oxygen atoms in total. The van der Waals surface area contributed by atoms with Crippen LogP contribution < -0.4 is 0 Å². The predicted octanol–water partition coefficient (Wildman–Crippen LogP) is 1.42. The van der Waals surface area contributed by atoms with Gasteiger partial charge in [0.05, 0.1) is 24.6 Å². The monoisotopic (exact) mass is 230 g/mol. The number of carbonyl (C=O) groups excluding carboxylic acids is 1. The van der Waals surface area contributed by atoms with Crippen LogP contribution in [0.25, 0.3) is 5.69 Å². The maximum Gasteiger partial charge on any atom is 0.170 e. The molecular weight excluding hydrogens is 220 g/mol. The number of aldehydes is 1. The van der Waals surface area contributed by atoms with Gasteiger partial charge in [-0.3, -0.25) is 4.79 Å². The third kappa shape index (κ3) is 1.52. The fourth-order valence-corrected chi connectivity index (χ4v) is 1.99. The van der Waals surface area contributed by atoms with Gasteiger partial charge >= 0.3 is 0 Å². The van der Waals surface area contributed by atoms with Crippen molar-refractivity contribution in [3.63, 3.8) is 0 Å². The molecule has 3 rings (SSSR count). The second-order valence-electron chi connectivity index (χ2n) is 3.85. The van der Waals surface area contributed by atoms with Crippen molar-refractivity contribution in [2.24, 2.45) is 0 Å². The normalized spacial score (nSPS) is 13.6. The maximum atomic E-state index is 10.9. The first kappa shape index (κ1) is 10.0. The van der Waals surface area contributed by atoms with Gasteiger partial charge in [0, 0.05) is 11.6 Å². The van der Waals surface area contributed by atoms with Crippen molar-refractivity contribution in [2.45, 2.75) is 13.2 Å². The molecule has 0 spiro atoms. The van der Waals surface area contributed by atoms with Gasteiger partial charge < -0.3 is 9.84 Å². The van der Waals surface area contributed by atoms with Gasteiger partial charge in [-0.05, 0) is 12.1 Å². The zero-order valence-corrected chi connectivity index (χ0v) is 8.96. The van der Waals surface area contributed by atoms with E-state index in [2.05, 4.69) is 5.10 Å². The zero-order valence-electron chi connectivity index (χ0n) is 8.96. The quantitative estimate of drug-likeness (QED) is 0.792. The second-order valence-corrected chi connectivity index (χ2v) is 3.85. The van der Waals surface area contributed by atoms with E-state index in [-0.39, 0.29) is 5.75 Å². The Labute approximate surface area is 97.3 Å². The summed E-state index contributed by atoms with van der Waals surface area (Å²) >= 11 is 0. The Bertz CT molecular complexity index is 589. The van der Waals surface area contributed by atoms with Gasteiger partial charge in [0.2, 0.25) is 0 Å². The van der Waals surface area contributed by atoms with E-state index < -0.39 is 0 Å². The lowest BCUT2D eigenvalue weighted by Crippen LogP contribution is -2.01. The van der Waals surface area contributed by atoms with Crippen molar-refractivity contribution >= 4 is 6.29 Å². The number of hydrogen-bond acceptors (Lipinski definition) is 4. The summed E-state index contributed by atoms with van der Waals surface area (Å²) in [6.07, 6.45) is 0.729. The Morgan fingerprint density at radius 2 is 2.29 bits per heavy atom. The Kier molecular flexibility index (Phi) is 2.19. The number of aromatic nitrogens is 2. The van der Waals surface area contributed by atoms with Crippen LogP contribution in [0.4, 0.5) is 0 Å². The van der Waals surface area contributed by atoms with Crippen LogP contribution in [0.15, 0.2) is 24.3 Å². The molecule has 0 unspecified atom stereocenters. The van der Waals surface area contributed by atoms with Gasteiger partial charge in [-0.2, -0.15) is 5.10 Å². The number of phenolic OH excluding ortho intramolecular Hbond substituents is 1. The largest absolute Gasteiger partial charge is 0.508 e. The molecule has 0 fully saturated rings. The molecule has 86 valence electrons. The molecule has 1 aliphatic rings. The first-order valence-corrected chi connectivity index (χ1v) is 5.22. The molecule has 2 heterocycles. The van der Waals surface area contributed by atoms with Gasteiger partial charge in [-0.15, -0.1) is 0 Å². The lowest BCUT2D eigenvalue weighted by Gasteiger charge is -2.05. The van der Waals surface area contributed by atoms with E-state index in [0.717, 1.165) is 23.2 Å². The van der Waals surface area contributed by atoms with E-state index in [0.29, 0.717) is 18.9 Å². The Morgan fingerprint density at radius 3 is 3.06 bits per heavy atom. The summed E-state index contributed by atoms with van der Waals surface area (Å²) in [6.45, 7) is 0.855. The number of ether oxygens (including phenoxy) is 1. The Hall–Kier alpha value is -2.14. The smallest absolute Gasteiger partial charge is 0.170 e. The molecule has 0 aliphatic carbocycles. The maximum absolute atomic E-state index is 10.9. The standard InChI is InChI=1S/C12H10N2O3/c15-5-11-10-6-17-7-12(10)14(13-11)8-2-1-3-9(16)4-8/h1-5,16H,6-7H2. The van der Waals surface area contributed by atoms with Crippen LogP contribution in [0.2, 0.25) is 0 Å². The summed E-state index contributed by atoms with van der Waals surface area (Å²) in [7, 11) is 0. The zero-order chi connectivity index (χ0) is 11.8. The highest BCUT2D eigenvalue weighted by molar-refractivity contribution is 5.75. The van der Waals surface area contributed by atoms with E-state index in [1.807, 2.05) is 6.07 Å². The predicted molar refractivity (Wildman–Crippen MR) is 59.1 cm³/mol. The fourth-order valence-electron chi connectivity index (χ4n) is 1.99. The van der Waals surface area contributed by atoms with E-state index >= 15 is 0 Å². The minimum Gasteiger partial charge on any atom is -0.508 e. The van der Waals surface area contributed by atoms with Gasteiger partial charge in [0.15, 0.2) is 6.29 Å². The molecule has 1 aliphatic heterocycles. The number of aromatic hydroxyl groups is 1. The fraction of sp³-hybridized carbons (Fsp3) is 0.167. The first-order valence-electron chi connectivity index (χ1n) is 5.22. The highest BCUT2D eigenvalue weighted by Crippen LogP contribution is 2.26. The van der Waals surface area contributed by atoms with Crippen LogP contribution in [-0.4, -0.2) is 21.2 Å². The van der Waals surface area contributed by atoms with Crippen LogP contribution >= 0.6 is 0 Å². The summed E-state index contributed by atoms with van der Waals surface area (Å²) in [6, 6.07) is 6.74. The number of hydrogen-bond donors (Lipinski definition) is 1. The SMILES string of the molecule is O=Cc1nn(-c2cccc(O)c2)c2c1COC2. The molecule has 0 saturated carbocycles. The third-order valence-electron chi connectivity index (χ3n) is 2.79. The van der Waals surface area contributed by atoms with Crippen LogP contribution in [-0.2, 0) is 18.0 Å². The number of nitrogens with zero attached hydrogens (tertiary/aromatic N) is 2. The number of fused-ring (bicyclic) bond motifs is 1. The molecule has 2 aromatic rings. The molecule has 1 N–H and O–H groups in total. The highest BCUT2D eigenvalue weighted by Gasteiger charge is 2.23. The number of benzene rings is 1. The number of carbonyl (C=O) groups is 1. The van der Waals surface area contributed by atoms with E-state index in [9.17, 15) is 9.90 Å². The lowest BCUT2D eigenvalue weighted by molar-refractivity contribution is 0.110. The summed E-state index contributed by atoms with van der Waals surface area (Å²) < 4.78 is 6.95. The summed E-state index contributed by atoms with van der Waals surface area (Å²) in [5, 5.41) is 13.7. The lowest BCUT2D eigenvalue weighted by atomic mass is 10.2. The molecule has 0 saturated heterocycles. The van der Waals surface area contributed by atoms with Crippen LogP contribution in [0.5, 0.6) is 5.75 Å². The second kappa shape index (κ2) is 3.71. The van der Waals surface area contributed by atoms with E-state index in [1.165, 1.54) is 0 Å². The highest BCUT2D eigenvalue weighted by atomic mass is 16.5. The Balaban J connectivity index is 2.18. The Morgan fingerprint density at radius 1 is 1.41 bits per heavy atom.